The highest BCUT2D eigenvalue weighted by molar-refractivity contribution is 5.85. The minimum atomic E-state index is -1.03. The summed E-state index contributed by atoms with van der Waals surface area (Å²) in [6.45, 7) is 0. The maximum atomic E-state index is 10.6. The second-order valence-corrected chi connectivity index (χ2v) is 4.34. The lowest BCUT2D eigenvalue weighted by Gasteiger charge is -2.29. The van der Waals surface area contributed by atoms with E-state index in [0.29, 0.717) is 0 Å². The van der Waals surface area contributed by atoms with Crippen LogP contribution in [0.4, 0.5) is 5.69 Å². The molecule has 0 bridgehead atoms. The Balaban J connectivity index is 2.00. The molecule has 0 radical (unpaired) electrons. The summed E-state index contributed by atoms with van der Waals surface area (Å²) in [4.78, 5) is 14.5. The standard InChI is InChI=1S/C12H16N2O3/c15-11-4-2-1-3-9(11)14-8-5-6-10(12(16)17)13-7-8/h5-7,9,11,14-15H,1-4H2,(H,16,17). The minimum Gasteiger partial charge on any atom is -0.477 e. The van der Waals surface area contributed by atoms with Crippen LogP contribution in [0.3, 0.4) is 0 Å². The predicted molar refractivity (Wildman–Crippen MR) is 63.1 cm³/mol. The molecule has 0 spiro atoms. The molecule has 1 aromatic heterocycles. The van der Waals surface area contributed by atoms with Crippen molar-refractivity contribution in [1.29, 1.82) is 0 Å². The smallest absolute Gasteiger partial charge is 0.354 e. The highest BCUT2D eigenvalue weighted by Gasteiger charge is 2.22. The first-order valence-electron chi connectivity index (χ1n) is 5.81. The fourth-order valence-electron chi connectivity index (χ4n) is 2.10. The molecule has 1 aliphatic carbocycles. The van der Waals surface area contributed by atoms with Gasteiger partial charge in [0.1, 0.15) is 5.69 Å². The quantitative estimate of drug-likeness (QED) is 0.740. The van der Waals surface area contributed by atoms with Crippen molar-refractivity contribution < 1.29 is 15.0 Å². The molecule has 17 heavy (non-hydrogen) atoms. The number of hydrogen-bond donors (Lipinski definition) is 3. The number of aliphatic hydroxyl groups excluding tert-OH is 1. The van der Waals surface area contributed by atoms with Crippen molar-refractivity contribution >= 4 is 11.7 Å². The molecule has 2 rings (SSSR count). The van der Waals surface area contributed by atoms with E-state index in [-0.39, 0.29) is 17.8 Å². The molecule has 1 fully saturated rings. The summed E-state index contributed by atoms with van der Waals surface area (Å²) in [5.74, 6) is -1.03. The van der Waals surface area contributed by atoms with Crippen molar-refractivity contribution in [3.8, 4) is 0 Å². The summed E-state index contributed by atoms with van der Waals surface area (Å²) in [5, 5.41) is 21.7. The lowest BCUT2D eigenvalue weighted by atomic mass is 9.92. The monoisotopic (exact) mass is 236 g/mol. The van der Waals surface area contributed by atoms with Crippen LogP contribution in [-0.2, 0) is 0 Å². The summed E-state index contributed by atoms with van der Waals surface area (Å²) < 4.78 is 0. The molecular formula is C12H16N2O3. The first-order valence-corrected chi connectivity index (χ1v) is 5.81. The van der Waals surface area contributed by atoms with E-state index in [1.807, 2.05) is 0 Å². The lowest BCUT2D eigenvalue weighted by molar-refractivity contribution is 0.0690. The number of carboxylic acids is 1. The molecule has 0 aromatic carbocycles. The predicted octanol–water partition coefficient (Wildman–Crippen LogP) is 1.50. The van der Waals surface area contributed by atoms with Gasteiger partial charge in [-0.1, -0.05) is 12.8 Å². The summed E-state index contributed by atoms with van der Waals surface area (Å²) in [6.07, 6.45) is 5.08. The zero-order chi connectivity index (χ0) is 12.3. The molecule has 2 atom stereocenters. The van der Waals surface area contributed by atoms with Gasteiger partial charge in [0.2, 0.25) is 0 Å². The van der Waals surface area contributed by atoms with Gasteiger partial charge in [0.15, 0.2) is 0 Å². The van der Waals surface area contributed by atoms with E-state index in [1.165, 1.54) is 12.3 Å². The highest BCUT2D eigenvalue weighted by Crippen LogP contribution is 2.21. The molecule has 0 saturated heterocycles. The van der Waals surface area contributed by atoms with Crippen LogP contribution in [0.1, 0.15) is 36.2 Å². The van der Waals surface area contributed by atoms with Gasteiger partial charge in [0.05, 0.1) is 24.0 Å². The molecule has 1 heterocycles. The van der Waals surface area contributed by atoms with Crippen molar-refractivity contribution in [3.63, 3.8) is 0 Å². The van der Waals surface area contributed by atoms with Gasteiger partial charge in [0, 0.05) is 0 Å². The van der Waals surface area contributed by atoms with Crippen molar-refractivity contribution in [2.75, 3.05) is 5.32 Å². The number of aromatic carboxylic acids is 1. The summed E-state index contributed by atoms with van der Waals surface area (Å²) in [7, 11) is 0. The Bertz CT molecular complexity index is 391. The maximum absolute atomic E-state index is 10.6. The first-order chi connectivity index (χ1) is 8.16. The van der Waals surface area contributed by atoms with Gasteiger partial charge in [-0.25, -0.2) is 9.78 Å². The molecule has 92 valence electrons. The number of rotatable bonds is 3. The summed E-state index contributed by atoms with van der Waals surface area (Å²) in [6, 6.07) is 3.18. The number of anilines is 1. The molecule has 0 aliphatic heterocycles. The van der Waals surface area contributed by atoms with Crippen molar-refractivity contribution in [3.05, 3.63) is 24.0 Å². The molecule has 2 unspecified atom stereocenters. The third-order valence-electron chi connectivity index (χ3n) is 3.06. The van der Waals surface area contributed by atoms with Gasteiger partial charge < -0.3 is 15.5 Å². The van der Waals surface area contributed by atoms with Gasteiger partial charge in [-0.3, -0.25) is 0 Å². The molecule has 5 nitrogen and oxygen atoms in total. The second-order valence-electron chi connectivity index (χ2n) is 4.34. The van der Waals surface area contributed by atoms with E-state index < -0.39 is 5.97 Å². The number of nitrogens with zero attached hydrogens (tertiary/aromatic N) is 1. The molecule has 3 N–H and O–H groups in total. The number of carboxylic acid groups (broad SMARTS) is 1. The fraction of sp³-hybridized carbons (Fsp3) is 0.500. The molecule has 1 aromatic rings. The number of carbonyl (C=O) groups is 1. The average Bonchev–Trinajstić information content (AvgIpc) is 2.33. The number of hydrogen-bond acceptors (Lipinski definition) is 4. The van der Waals surface area contributed by atoms with Crippen LogP contribution in [-0.4, -0.2) is 33.3 Å². The van der Waals surface area contributed by atoms with Crippen molar-refractivity contribution in [2.45, 2.75) is 37.8 Å². The van der Waals surface area contributed by atoms with E-state index in [1.54, 1.807) is 6.07 Å². The molecular weight excluding hydrogens is 220 g/mol. The van der Waals surface area contributed by atoms with Crippen LogP contribution in [0.5, 0.6) is 0 Å². The zero-order valence-electron chi connectivity index (χ0n) is 9.47. The largest absolute Gasteiger partial charge is 0.477 e. The van der Waals surface area contributed by atoms with Crippen LogP contribution >= 0.6 is 0 Å². The van der Waals surface area contributed by atoms with Crippen molar-refractivity contribution in [2.24, 2.45) is 0 Å². The Morgan fingerprint density at radius 2 is 2.12 bits per heavy atom. The number of aliphatic hydroxyl groups is 1. The van der Waals surface area contributed by atoms with Crippen LogP contribution in [0.15, 0.2) is 18.3 Å². The average molecular weight is 236 g/mol. The Morgan fingerprint density at radius 1 is 1.35 bits per heavy atom. The number of aromatic nitrogens is 1. The Kier molecular flexibility index (Phi) is 3.58. The van der Waals surface area contributed by atoms with E-state index in [4.69, 9.17) is 5.11 Å². The molecule has 5 heteroatoms. The summed E-state index contributed by atoms with van der Waals surface area (Å²) >= 11 is 0. The van der Waals surface area contributed by atoms with Crippen LogP contribution in [0.25, 0.3) is 0 Å². The van der Waals surface area contributed by atoms with Gasteiger partial charge >= 0.3 is 5.97 Å². The van der Waals surface area contributed by atoms with Crippen LogP contribution in [0, 0.1) is 0 Å². The second kappa shape index (κ2) is 5.14. The van der Waals surface area contributed by atoms with Crippen molar-refractivity contribution in [1.82, 2.24) is 4.98 Å². The highest BCUT2D eigenvalue weighted by atomic mass is 16.4. The number of nitrogens with one attached hydrogen (secondary N) is 1. The molecule has 0 amide bonds. The SMILES string of the molecule is O=C(O)c1ccc(NC2CCCCC2O)cn1. The van der Waals surface area contributed by atoms with Gasteiger partial charge in [-0.15, -0.1) is 0 Å². The van der Waals surface area contributed by atoms with Gasteiger partial charge in [0.25, 0.3) is 0 Å². The molecule has 1 aliphatic rings. The topological polar surface area (TPSA) is 82.5 Å². The first kappa shape index (κ1) is 11.9. The lowest BCUT2D eigenvalue weighted by Crippen LogP contribution is -2.36. The third kappa shape index (κ3) is 2.94. The normalized spacial score (nSPS) is 24.3. The Labute approximate surface area is 99.5 Å². The Morgan fingerprint density at radius 3 is 2.71 bits per heavy atom. The van der Waals surface area contributed by atoms with Gasteiger partial charge in [-0.2, -0.15) is 0 Å². The molecule has 1 saturated carbocycles. The van der Waals surface area contributed by atoms with Gasteiger partial charge in [-0.05, 0) is 25.0 Å². The summed E-state index contributed by atoms with van der Waals surface area (Å²) in [5.41, 5.74) is 0.778. The van der Waals surface area contributed by atoms with E-state index >= 15 is 0 Å². The maximum Gasteiger partial charge on any atom is 0.354 e. The number of pyridine rings is 1. The van der Waals surface area contributed by atoms with E-state index in [0.717, 1.165) is 31.4 Å². The minimum absolute atomic E-state index is 0.0275. The fourth-order valence-corrected chi connectivity index (χ4v) is 2.10. The zero-order valence-corrected chi connectivity index (χ0v) is 9.47. The van der Waals surface area contributed by atoms with E-state index in [2.05, 4.69) is 10.3 Å². The van der Waals surface area contributed by atoms with Crippen LogP contribution in [0.2, 0.25) is 0 Å². The Hall–Kier alpha value is -1.62. The third-order valence-corrected chi connectivity index (χ3v) is 3.06. The van der Waals surface area contributed by atoms with Crippen LogP contribution < -0.4 is 5.32 Å². The van der Waals surface area contributed by atoms with E-state index in [9.17, 15) is 9.90 Å².